The van der Waals surface area contributed by atoms with Crippen molar-refractivity contribution in [2.45, 2.75) is 63.9 Å². The number of nitrogens with one attached hydrogen (secondary N) is 1. The van der Waals surface area contributed by atoms with Crippen molar-refractivity contribution in [3.63, 3.8) is 0 Å². The molecule has 0 spiro atoms. The first-order chi connectivity index (χ1) is 21.1. The largest absolute Gasteiger partial charge is 0.490 e. The molecular formula is C32H37ClF3N5O3. The summed E-state index contributed by atoms with van der Waals surface area (Å²) in [5.74, 6) is -0.0681. The van der Waals surface area contributed by atoms with Gasteiger partial charge in [0.25, 0.3) is 5.91 Å². The maximum atomic E-state index is 13.8. The first-order valence-corrected chi connectivity index (χ1v) is 15.3. The number of rotatable bonds is 9. The highest BCUT2D eigenvalue weighted by atomic mass is 35.5. The highest BCUT2D eigenvalue weighted by molar-refractivity contribution is 6.30. The van der Waals surface area contributed by atoms with Gasteiger partial charge < -0.3 is 24.6 Å². The number of ether oxygens (including phenoxy) is 2. The zero-order chi connectivity index (χ0) is 31.4. The average molecular weight is 632 g/mol. The molecule has 3 aromatic rings. The first kappa shape index (κ1) is 31.8. The van der Waals surface area contributed by atoms with E-state index < -0.39 is 17.8 Å². The summed E-state index contributed by atoms with van der Waals surface area (Å²) in [4.78, 5) is 27.3. The second-order valence-corrected chi connectivity index (χ2v) is 11.7. The molecule has 12 heteroatoms. The number of nitrogens with zero attached hydrogens (tertiary/aromatic N) is 4. The second-order valence-electron chi connectivity index (χ2n) is 11.2. The van der Waals surface area contributed by atoms with E-state index >= 15 is 0 Å². The van der Waals surface area contributed by atoms with Gasteiger partial charge in [0.15, 0.2) is 5.69 Å². The molecule has 2 fully saturated rings. The van der Waals surface area contributed by atoms with Crippen LogP contribution >= 0.6 is 11.6 Å². The molecule has 1 N–H and O–H groups in total. The van der Waals surface area contributed by atoms with E-state index in [0.29, 0.717) is 60.9 Å². The predicted molar refractivity (Wildman–Crippen MR) is 164 cm³/mol. The number of hydrogen-bond donors (Lipinski definition) is 1. The third kappa shape index (κ3) is 7.21. The molecule has 8 nitrogen and oxygen atoms in total. The normalized spacial score (nSPS) is 20.9. The number of halogens is 4. The van der Waals surface area contributed by atoms with E-state index in [9.17, 15) is 18.0 Å². The smallest absolute Gasteiger partial charge is 0.420 e. The number of carbonyl (C=O) groups is 1. The summed E-state index contributed by atoms with van der Waals surface area (Å²) in [5.41, 5.74) is 1.31. The summed E-state index contributed by atoms with van der Waals surface area (Å²) >= 11 is 5.86. The summed E-state index contributed by atoms with van der Waals surface area (Å²) in [6.07, 6.45) is -0.911. The Morgan fingerprint density at radius 1 is 1.14 bits per heavy atom. The van der Waals surface area contributed by atoms with Gasteiger partial charge in [-0.25, -0.2) is 9.97 Å². The van der Waals surface area contributed by atoms with Crippen molar-refractivity contribution >= 4 is 23.2 Å². The minimum absolute atomic E-state index is 0.00316. The lowest BCUT2D eigenvalue weighted by Crippen LogP contribution is -2.47. The zero-order valence-electron chi connectivity index (χ0n) is 25.0. The number of anilines is 1. The SMILES string of the molecule is CCOc1ncccc1-c1ccc(N2CC[C@@H](Oc3ccc(Cl)cc3C(F)(F)F)C[C@H]2CC)c(C(=O)N[C@@H]2CCN(C)C2)n1. The summed E-state index contributed by atoms with van der Waals surface area (Å²) < 4.78 is 52.8. The number of pyridine rings is 2. The van der Waals surface area contributed by atoms with E-state index in [2.05, 4.69) is 20.1 Å². The molecule has 1 amide bonds. The number of amides is 1. The average Bonchev–Trinajstić information content (AvgIpc) is 3.41. The van der Waals surface area contributed by atoms with Crippen LogP contribution in [0, 0.1) is 0 Å². The van der Waals surface area contributed by atoms with Crippen LogP contribution in [-0.2, 0) is 6.18 Å². The molecule has 2 aliphatic rings. The van der Waals surface area contributed by atoms with Crippen LogP contribution < -0.4 is 19.7 Å². The monoisotopic (exact) mass is 631 g/mol. The number of carbonyl (C=O) groups excluding carboxylic acids is 1. The molecule has 236 valence electrons. The molecule has 5 rings (SSSR count). The van der Waals surface area contributed by atoms with Crippen molar-refractivity contribution in [1.82, 2.24) is 20.2 Å². The molecule has 0 aliphatic carbocycles. The van der Waals surface area contributed by atoms with Crippen molar-refractivity contribution in [3.05, 3.63) is 64.9 Å². The highest BCUT2D eigenvalue weighted by Gasteiger charge is 2.37. The highest BCUT2D eigenvalue weighted by Crippen LogP contribution is 2.40. The number of likely N-dealkylation sites (tertiary alicyclic amines) is 1. The van der Waals surface area contributed by atoms with Crippen LogP contribution in [0.15, 0.2) is 48.7 Å². The van der Waals surface area contributed by atoms with Gasteiger partial charge in [-0.3, -0.25) is 4.79 Å². The number of likely N-dealkylation sites (N-methyl/N-ethyl adjacent to an activating group) is 1. The molecular weight excluding hydrogens is 595 g/mol. The van der Waals surface area contributed by atoms with Crippen molar-refractivity contribution < 1.29 is 27.4 Å². The van der Waals surface area contributed by atoms with E-state index in [0.717, 1.165) is 25.6 Å². The molecule has 0 bridgehead atoms. The Kier molecular flexibility index (Phi) is 9.84. The molecule has 0 saturated carbocycles. The lowest BCUT2D eigenvalue weighted by molar-refractivity contribution is -0.139. The van der Waals surface area contributed by atoms with Gasteiger partial charge in [-0.1, -0.05) is 18.5 Å². The molecule has 44 heavy (non-hydrogen) atoms. The molecule has 1 aromatic carbocycles. The quantitative estimate of drug-likeness (QED) is 0.290. The first-order valence-electron chi connectivity index (χ1n) is 15.0. The maximum absolute atomic E-state index is 13.8. The molecule has 4 heterocycles. The molecule has 0 unspecified atom stereocenters. The third-order valence-corrected chi connectivity index (χ3v) is 8.37. The number of piperidine rings is 1. The van der Waals surface area contributed by atoms with Crippen LogP contribution in [0.3, 0.4) is 0 Å². The van der Waals surface area contributed by atoms with Crippen LogP contribution in [0.1, 0.15) is 55.6 Å². The fraction of sp³-hybridized carbons (Fsp3) is 0.469. The Bertz CT molecular complexity index is 1470. The van der Waals surface area contributed by atoms with Crippen molar-refractivity contribution in [1.29, 1.82) is 0 Å². The zero-order valence-corrected chi connectivity index (χ0v) is 25.8. The van der Waals surface area contributed by atoms with Crippen molar-refractivity contribution in [2.24, 2.45) is 0 Å². The van der Waals surface area contributed by atoms with Crippen molar-refractivity contribution in [3.8, 4) is 22.9 Å². The van der Waals surface area contributed by atoms with Crippen LogP contribution in [0.5, 0.6) is 11.6 Å². The summed E-state index contributed by atoms with van der Waals surface area (Å²) in [5, 5.41) is 3.16. The van der Waals surface area contributed by atoms with Gasteiger partial charge >= 0.3 is 6.18 Å². The summed E-state index contributed by atoms with van der Waals surface area (Å²) in [6.45, 7) is 6.45. The molecule has 2 aliphatic heterocycles. The standard InChI is InChI=1S/C32H37ClF3N5O3/c1-4-22-18-23(44-28-11-8-20(33)17-25(28)32(34,35)36)13-16-41(22)27-10-9-26(24-7-6-14-37-31(24)43-5-2)39-29(27)30(42)38-21-12-15-40(3)19-21/h6-11,14,17,21-23H,4-5,12-13,15-16,18-19H2,1-3H3,(H,38,42)/t21-,22-,23-/m1/s1. The van der Waals surface area contributed by atoms with E-state index in [1.54, 1.807) is 12.3 Å². The minimum Gasteiger partial charge on any atom is -0.490 e. The fourth-order valence-corrected chi connectivity index (χ4v) is 6.15. The summed E-state index contributed by atoms with van der Waals surface area (Å²) in [7, 11) is 2.02. The van der Waals surface area contributed by atoms with Crippen LogP contribution in [0.4, 0.5) is 18.9 Å². The number of benzene rings is 1. The lowest BCUT2D eigenvalue weighted by atomic mass is 9.95. The predicted octanol–water partition coefficient (Wildman–Crippen LogP) is 6.47. The van der Waals surface area contributed by atoms with E-state index in [1.165, 1.54) is 12.1 Å². The van der Waals surface area contributed by atoms with Gasteiger partial charge in [-0.2, -0.15) is 13.2 Å². The van der Waals surface area contributed by atoms with Crippen LogP contribution in [0.2, 0.25) is 5.02 Å². The third-order valence-electron chi connectivity index (χ3n) is 8.13. The molecule has 3 atom stereocenters. The van der Waals surface area contributed by atoms with Gasteiger partial charge in [-0.05, 0) is 75.8 Å². The van der Waals surface area contributed by atoms with Crippen molar-refractivity contribution in [2.75, 3.05) is 38.2 Å². The van der Waals surface area contributed by atoms with E-state index in [4.69, 9.17) is 26.1 Å². The minimum atomic E-state index is -4.59. The fourth-order valence-electron chi connectivity index (χ4n) is 5.98. The molecule has 2 saturated heterocycles. The van der Waals surface area contributed by atoms with Gasteiger partial charge in [0, 0.05) is 49.2 Å². The van der Waals surface area contributed by atoms with Crippen LogP contribution in [0.25, 0.3) is 11.3 Å². The Morgan fingerprint density at radius 2 is 1.95 bits per heavy atom. The number of hydrogen-bond acceptors (Lipinski definition) is 7. The Morgan fingerprint density at radius 3 is 2.66 bits per heavy atom. The van der Waals surface area contributed by atoms with Gasteiger partial charge in [0.05, 0.1) is 29.1 Å². The lowest BCUT2D eigenvalue weighted by Gasteiger charge is -2.41. The van der Waals surface area contributed by atoms with Crippen LogP contribution in [-0.4, -0.2) is 72.3 Å². The van der Waals surface area contributed by atoms with Gasteiger partial charge in [-0.15, -0.1) is 0 Å². The van der Waals surface area contributed by atoms with E-state index in [-0.39, 0.29) is 28.8 Å². The Balaban J connectivity index is 1.44. The second kappa shape index (κ2) is 13.6. The number of alkyl halides is 3. The van der Waals surface area contributed by atoms with Gasteiger partial charge in [0.2, 0.25) is 5.88 Å². The van der Waals surface area contributed by atoms with Gasteiger partial charge in [0.1, 0.15) is 11.9 Å². The summed E-state index contributed by atoms with van der Waals surface area (Å²) in [6, 6.07) is 10.9. The molecule has 2 aromatic heterocycles. The molecule has 0 radical (unpaired) electrons. The Labute approximate surface area is 260 Å². The maximum Gasteiger partial charge on any atom is 0.420 e. The van der Waals surface area contributed by atoms with E-state index in [1.807, 2.05) is 39.1 Å². The number of aromatic nitrogens is 2. The Hall–Kier alpha value is -3.57. The topological polar surface area (TPSA) is 79.8 Å².